The van der Waals surface area contributed by atoms with Crippen molar-refractivity contribution in [1.82, 2.24) is 0 Å². The van der Waals surface area contributed by atoms with E-state index in [4.69, 9.17) is 14.2 Å². The third kappa shape index (κ3) is 14.3. The van der Waals surface area contributed by atoms with E-state index in [1.807, 2.05) is 91.0 Å². The third-order valence-electron chi connectivity index (χ3n) is 12.7. The van der Waals surface area contributed by atoms with E-state index in [1.54, 1.807) is 21.3 Å². The Hall–Kier alpha value is -5.78. The van der Waals surface area contributed by atoms with Crippen molar-refractivity contribution in [1.29, 1.82) is 0 Å². The highest BCUT2D eigenvalue weighted by molar-refractivity contribution is 8.09. The van der Waals surface area contributed by atoms with Crippen LogP contribution >= 0.6 is 21.4 Å². The highest BCUT2D eigenvalue weighted by atomic mass is 31.2. The number of hydrogen-bond acceptors (Lipinski definition) is 6. The van der Waals surface area contributed by atoms with Crippen molar-refractivity contribution >= 4 is 75.9 Å². The molecule has 3 N–H and O–H groups in total. The maximum Gasteiger partial charge on any atom is 0.138 e. The summed E-state index contributed by atoms with van der Waals surface area (Å²) in [6, 6.07) is 94.8. The van der Waals surface area contributed by atoms with Crippen molar-refractivity contribution < 1.29 is 29.5 Å². The van der Waals surface area contributed by atoms with Crippen LogP contribution in [0.1, 0.15) is 35.0 Å². The van der Waals surface area contributed by atoms with Gasteiger partial charge in [-0.15, -0.1) is 0 Å². The molecule has 0 spiro atoms. The van der Waals surface area contributed by atoms with Crippen molar-refractivity contribution in [2.75, 3.05) is 41.2 Å². The van der Waals surface area contributed by atoms with Crippen molar-refractivity contribution in [3.63, 3.8) is 0 Å². The molecule has 6 nitrogen and oxygen atoms in total. The van der Waals surface area contributed by atoms with Gasteiger partial charge in [-0.25, -0.2) is 0 Å². The van der Waals surface area contributed by atoms with Gasteiger partial charge in [-0.1, -0.05) is 222 Å². The van der Waals surface area contributed by atoms with E-state index in [1.165, 1.54) is 31.8 Å². The Kier molecular flexibility index (Phi) is 23.0. The number of rotatable bonds is 21. The number of hydrogen-bond donors (Lipinski definition) is 3. The average Bonchev–Trinajstić information content (AvgIpc) is 3.64. The summed E-state index contributed by atoms with van der Waals surface area (Å²) in [6.45, 7) is 1.70. The van der Waals surface area contributed by atoms with E-state index in [2.05, 4.69) is 182 Å². The number of aliphatic hydroxyl groups excluding tert-OH is 3. The largest absolute Gasteiger partial charge is 0.384 e. The molecule has 0 radical (unpaired) electrons. The minimum Gasteiger partial charge on any atom is -0.384 e. The molecule has 402 valence electrons. The van der Waals surface area contributed by atoms with Crippen LogP contribution in [0.15, 0.2) is 273 Å². The summed E-state index contributed by atoms with van der Waals surface area (Å²) in [5, 5.41) is 42.4. The van der Waals surface area contributed by atoms with Gasteiger partial charge in [-0.05, 0) is 89.5 Å². The second-order valence-corrected chi connectivity index (χ2v) is 25.1. The second kappa shape index (κ2) is 30.0. The van der Waals surface area contributed by atoms with Gasteiger partial charge in [-0.3, -0.25) is 0 Å². The summed E-state index contributed by atoms with van der Waals surface area (Å²) in [4.78, 5) is 0. The van der Waals surface area contributed by atoms with Gasteiger partial charge < -0.3 is 29.5 Å². The molecule has 0 aliphatic rings. The first kappa shape index (κ1) is 59.9. The van der Waals surface area contributed by atoms with Crippen molar-refractivity contribution in [2.45, 2.75) is 35.3 Å². The summed E-state index contributed by atoms with van der Waals surface area (Å²) in [6.07, 6.45) is -1.58. The van der Waals surface area contributed by atoms with Crippen LogP contribution in [0, 0.1) is 0 Å². The topological polar surface area (TPSA) is 88.4 Å². The lowest BCUT2D eigenvalue weighted by atomic mass is 10.1. The fourth-order valence-electron chi connectivity index (χ4n) is 9.18. The number of aliphatic hydroxyl groups is 3. The van der Waals surface area contributed by atoms with Crippen molar-refractivity contribution in [2.24, 2.45) is 0 Å². The van der Waals surface area contributed by atoms with Crippen molar-refractivity contribution in [3.8, 4) is 0 Å². The fourth-order valence-corrected chi connectivity index (χ4v) is 17.6. The molecule has 0 unspecified atom stereocenters. The molecule has 0 amide bonds. The highest BCUT2D eigenvalue weighted by Crippen LogP contribution is 2.62. The normalized spacial score (nSPS) is 14.0. The van der Waals surface area contributed by atoms with Gasteiger partial charge >= 0.3 is 0 Å². The van der Waals surface area contributed by atoms with Crippen LogP contribution in [-0.2, 0) is 14.2 Å². The second-order valence-electron chi connectivity index (χ2n) is 17.8. The highest BCUT2D eigenvalue weighted by Gasteiger charge is 2.46. The molecule has 78 heavy (non-hydrogen) atoms. The van der Waals surface area contributed by atoms with E-state index < -0.39 is 39.7 Å². The number of benzene rings is 9. The van der Waals surface area contributed by atoms with E-state index in [0.29, 0.717) is 19.8 Å². The molecule has 0 aromatic heterocycles. The SMILES string of the molecule is [BH3-][P+](c1ccccc1)(c1ccccc1)[C@@H](COC)[C@@H](O)c1ccccc1.[BH3-][P+](c1ccccc1)(c1ccccc1)[C@@H](COC)[C@@H](O)c1ccccc1.[BH3-][P+](c1ccccc1)(c1ccccc1)[C@@H](COC)[C@@H](O)c1ccccc1. The zero-order valence-corrected chi connectivity index (χ0v) is 45.7. The molecule has 0 aliphatic heterocycles. The first-order valence-corrected chi connectivity index (χ1v) is 29.5. The third-order valence-corrected chi connectivity index (χ3v) is 21.1. The molecule has 6 atom stereocenters. The molecular weight excluding hydrogens is 1010 g/mol. The van der Waals surface area contributed by atoms with Gasteiger partial charge in [0.15, 0.2) is 0 Å². The first-order chi connectivity index (χ1) is 38.0. The summed E-state index contributed by atoms with van der Waals surface area (Å²) < 4.78 is 16.9. The van der Waals surface area contributed by atoms with E-state index in [9.17, 15) is 15.3 Å². The fraction of sp³-hybridized carbons (Fsp3) is 0.182. The van der Waals surface area contributed by atoms with Crippen LogP contribution in [0.4, 0.5) is 0 Å². The number of ether oxygens (including phenoxy) is 3. The molecule has 0 heterocycles. The maximum atomic E-state index is 11.4. The van der Waals surface area contributed by atoms with Crippen molar-refractivity contribution in [3.05, 3.63) is 290 Å². The molecule has 0 fully saturated rings. The van der Waals surface area contributed by atoms with Gasteiger partial charge in [0.2, 0.25) is 0 Å². The van der Waals surface area contributed by atoms with Gasteiger partial charge in [0, 0.05) is 21.3 Å². The van der Waals surface area contributed by atoms with E-state index in [-0.39, 0.29) is 39.7 Å². The van der Waals surface area contributed by atoms with Gasteiger partial charge in [0.1, 0.15) is 41.0 Å². The predicted molar refractivity (Wildman–Crippen MR) is 348 cm³/mol. The molecule has 0 saturated heterocycles. The molecule has 9 aromatic carbocycles. The summed E-state index contributed by atoms with van der Waals surface area (Å²) in [5.41, 5.74) is 3.18. The lowest BCUT2D eigenvalue weighted by Gasteiger charge is -2.40. The maximum absolute atomic E-state index is 11.4. The molecular formula is C66H78B3O6P3. The summed E-state index contributed by atoms with van der Waals surface area (Å²) in [7, 11) is -0.0806. The molecule has 9 aromatic rings. The zero-order valence-electron chi connectivity index (χ0n) is 43.0. The summed E-state index contributed by atoms with van der Waals surface area (Å²) in [5.74, 6) is 0. The van der Waals surface area contributed by atoms with Crippen LogP contribution in [0.25, 0.3) is 0 Å². The van der Waals surface area contributed by atoms with Crippen LogP contribution < -0.4 is 31.8 Å². The Labute approximate surface area is 469 Å². The van der Waals surface area contributed by atoms with E-state index >= 15 is 0 Å². The van der Waals surface area contributed by atoms with Crippen LogP contribution in [-0.4, -0.2) is 96.1 Å². The van der Waals surface area contributed by atoms with Crippen LogP contribution in [0.3, 0.4) is 0 Å². The lowest BCUT2D eigenvalue weighted by Crippen LogP contribution is -2.38. The van der Waals surface area contributed by atoms with Gasteiger partial charge in [0.05, 0.1) is 68.6 Å². The predicted octanol–water partition coefficient (Wildman–Crippen LogP) is 8.05. The monoisotopic (exact) mass is 1090 g/mol. The zero-order chi connectivity index (χ0) is 55.2. The minimum absolute atomic E-state index is 0.0831. The number of methoxy groups -OCH3 is 3. The molecule has 0 saturated carbocycles. The first-order valence-electron chi connectivity index (χ1n) is 25.3. The smallest absolute Gasteiger partial charge is 0.138 e. The minimum atomic E-state index is -1.65. The average molecular weight is 1090 g/mol. The molecule has 0 aliphatic carbocycles. The Morgan fingerprint density at radius 3 is 0.551 bits per heavy atom. The lowest BCUT2D eigenvalue weighted by molar-refractivity contribution is 0.115. The summed E-state index contributed by atoms with van der Waals surface area (Å²) >= 11 is 0. The Morgan fingerprint density at radius 1 is 0.269 bits per heavy atom. The Bertz CT molecular complexity index is 2600. The Balaban J connectivity index is 0.000000170. The van der Waals surface area contributed by atoms with Gasteiger partial charge in [-0.2, -0.15) is 0 Å². The molecule has 12 heteroatoms. The molecule has 0 bridgehead atoms. The van der Waals surface area contributed by atoms with Crippen LogP contribution in [0.5, 0.6) is 0 Å². The quantitative estimate of drug-likeness (QED) is 0.0499. The van der Waals surface area contributed by atoms with E-state index in [0.717, 1.165) is 16.7 Å². The van der Waals surface area contributed by atoms with Gasteiger partial charge in [0.25, 0.3) is 0 Å². The van der Waals surface area contributed by atoms with Crippen LogP contribution in [0.2, 0.25) is 0 Å². The molecule has 9 rings (SSSR count). The Morgan fingerprint density at radius 2 is 0.410 bits per heavy atom. The standard InChI is InChI=1S/3C22H26BO2P/c3*1-25-17-21(22(24)18-11-5-2-6-12-18)26(23,19-13-7-3-8-14-19)20-15-9-4-10-16-20/h3*2-16,21-22,24H,17H2,1,23H3/t3*21-,22-/m000/s1.